The molecule has 1 aliphatic heterocycles. The third kappa shape index (κ3) is 2.48. The molecule has 3 heteroatoms. The Morgan fingerprint density at radius 3 is 2.75 bits per heavy atom. The largest absolute Gasteiger partial charge is 0.341 e. The Labute approximate surface area is 128 Å². The van der Waals surface area contributed by atoms with Crippen molar-refractivity contribution in [1.82, 2.24) is 0 Å². The predicted octanol–water partition coefficient (Wildman–Crippen LogP) is 4.30. The molecule has 1 aliphatic rings. The summed E-state index contributed by atoms with van der Waals surface area (Å²) in [5.74, 6) is 0. The van der Waals surface area contributed by atoms with Gasteiger partial charge in [0.05, 0.1) is 0 Å². The van der Waals surface area contributed by atoms with E-state index in [1.807, 2.05) is 0 Å². The van der Waals surface area contributed by atoms with Crippen LogP contribution in [0, 0.1) is 6.92 Å². The summed E-state index contributed by atoms with van der Waals surface area (Å²) in [6.45, 7) is 3.78. The second kappa shape index (κ2) is 5.58. The van der Waals surface area contributed by atoms with Crippen LogP contribution in [0.25, 0.3) is 0 Å². The van der Waals surface area contributed by atoms with Crippen molar-refractivity contribution >= 4 is 27.3 Å². The smallest absolute Gasteiger partial charge is 0.0457 e. The molecular formula is C17H19BrN2. The molecule has 1 heterocycles. The third-order valence-electron chi connectivity index (χ3n) is 3.91. The van der Waals surface area contributed by atoms with Gasteiger partial charge in [-0.1, -0.05) is 33.6 Å². The molecule has 3 rings (SSSR count). The van der Waals surface area contributed by atoms with Crippen LogP contribution in [0.3, 0.4) is 0 Å². The zero-order chi connectivity index (χ0) is 14.1. The minimum absolute atomic E-state index is 0.562. The molecule has 0 saturated heterocycles. The molecule has 0 spiro atoms. The summed E-state index contributed by atoms with van der Waals surface area (Å²) in [5.41, 5.74) is 12.5. The molecule has 0 saturated carbocycles. The first kappa shape index (κ1) is 13.7. The van der Waals surface area contributed by atoms with Gasteiger partial charge in [0.2, 0.25) is 0 Å². The standard InChI is InChI=1S/C17H19BrN2/c1-12-4-6-16-13(9-12)3-2-8-20(16)17-7-5-15(18)10-14(17)11-19/h4-7,9-10H,2-3,8,11,19H2,1H3. The molecule has 0 unspecified atom stereocenters. The second-order valence-electron chi connectivity index (χ2n) is 5.36. The van der Waals surface area contributed by atoms with Crippen molar-refractivity contribution in [3.8, 4) is 0 Å². The molecule has 2 aromatic rings. The quantitative estimate of drug-likeness (QED) is 0.889. The van der Waals surface area contributed by atoms with Crippen molar-refractivity contribution in [2.75, 3.05) is 11.4 Å². The predicted molar refractivity (Wildman–Crippen MR) is 88.5 cm³/mol. The lowest BCUT2D eigenvalue weighted by atomic mass is 9.98. The molecular weight excluding hydrogens is 312 g/mol. The van der Waals surface area contributed by atoms with E-state index in [4.69, 9.17) is 5.73 Å². The molecule has 2 nitrogen and oxygen atoms in total. The van der Waals surface area contributed by atoms with Crippen molar-refractivity contribution < 1.29 is 0 Å². The number of halogens is 1. The van der Waals surface area contributed by atoms with E-state index in [0.717, 1.165) is 11.0 Å². The molecule has 0 bridgehead atoms. The number of aryl methyl sites for hydroxylation is 2. The number of nitrogens with two attached hydrogens (primary N) is 1. The van der Waals surface area contributed by atoms with E-state index in [9.17, 15) is 0 Å². The van der Waals surface area contributed by atoms with Gasteiger partial charge in [0.25, 0.3) is 0 Å². The van der Waals surface area contributed by atoms with Gasteiger partial charge in [-0.05, 0) is 55.2 Å². The number of fused-ring (bicyclic) bond motifs is 1. The van der Waals surface area contributed by atoms with Crippen LogP contribution >= 0.6 is 15.9 Å². The lowest BCUT2D eigenvalue weighted by Crippen LogP contribution is -2.26. The van der Waals surface area contributed by atoms with Crippen LogP contribution < -0.4 is 10.6 Å². The molecule has 0 radical (unpaired) electrons. The summed E-state index contributed by atoms with van der Waals surface area (Å²) < 4.78 is 1.09. The Morgan fingerprint density at radius 2 is 1.95 bits per heavy atom. The highest BCUT2D eigenvalue weighted by Gasteiger charge is 2.20. The number of anilines is 2. The zero-order valence-corrected chi connectivity index (χ0v) is 13.3. The molecule has 2 aromatic carbocycles. The number of nitrogens with zero attached hydrogens (tertiary/aromatic N) is 1. The summed E-state index contributed by atoms with van der Waals surface area (Å²) in [7, 11) is 0. The Kier molecular flexibility index (Phi) is 3.81. The molecule has 2 N–H and O–H groups in total. The first-order valence-electron chi connectivity index (χ1n) is 7.04. The van der Waals surface area contributed by atoms with E-state index in [0.29, 0.717) is 6.54 Å². The first-order chi connectivity index (χ1) is 9.69. The van der Waals surface area contributed by atoms with E-state index >= 15 is 0 Å². The number of rotatable bonds is 2. The number of hydrogen-bond acceptors (Lipinski definition) is 2. The molecule has 0 atom stereocenters. The maximum atomic E-state index is 5.92. The molecule has 104 valence electrons. The summed E-state index contributed by atoms with van der Waals surface area (Å²) in [5, 5.41) is 0. The Morgan fingerprint density at radius 1 is 1.15 bits per heavy atom. The fraction of sp³-hybridized carbons (Fsp3) is 0.294. The molecule has 0 amide bonds. The fourth-order valence-corrected chi connectivity index (χ4v) is 3.37. The van der Waals surface area contributed by atoms with Gasteiger partial charge in [0.1, 0.15) is 0 Å². The van der Waals surface area contributed by atoms with E-state index < -0.39 is 0 Å². The maximum Gasteiger partial charge on any atom is 0.0457 e. The summed E-state index contributed by atoms with van der Waals surface area (Å²) in [4.78, 5) is 2.41. The molecule has 0 aliphatic carbocycles. The number of hydrogen-bond donors (Lipinski definition) is 1. The highest BCUT2D eigenvalue weighted by molar-refractivity contribution is 9.10. The van der Waals surface area contributed by atoms with Crippen molar-refractivity contribution in [3.63, 3.8) is 0 Å². The second-order valence-corrected chi connectivity index (χ2v) is 6.28. The average Bonchev–Trinajstić information content (AvgIpc) is 2.46. The summed E-state index contributed by atoms with van der Waals surface area (Å²) in [6, 6.07) is 13.1. The van der Waals surface area contributed by atoms with Crippen molar-refractivity contribution in [3.05, 3.63) is 57.6 Å². The topological polar surface area (TPSA) is 29.3 Å². The Hall–Kier alpha value is -1.32. The van der Waals surface area contributed by atoms with Gasteiger partial charge >= 0.3 is 0 Å². The van der Waals surface area contributed by atoms with Gasteiger partial charge in [0, 0.05) is 28.9 Å². The normalized spacial score (nSPS) is 14.2. The van der Waals surface area contributed by atoms with Crippen LogP contribution in [0.5, 0.6) is 0 Å². The lowest BCUT2D eigenvalue weighted by Gasteiger charge is -2.33. The van der Waals surface area contributed by atoms with Crippen LogP contribution in [0.4, 0.5) is 11.4 Å². The molecule has 0 fully saturated rings. The van der Waals surface area contributed by atoms with E-state index in [2.05, 4.69) is 64.2 Å². The van der Waals surface area contributed by atoms with Gasteiger partial charge in [-0.2, -0.15) is 0 Å². The van der Waals surface area contributed by atoms with Gasteiger partial charge in [-0.15, -0.1) is 0 Å². The van der Waals surface area contributed by atoms with Crippen LogP contribution in [0.1, 0.15) is 23.1 Å². The Balaban J connectivity index is 2.09. The number of benzene rings is 2. The molecule has 0 aromatic heterocycles. The van der Waals surface area contributed by atoms with E-state index in [1.54, 1.807) is 0 Å². The monoisotopic (exact) mass is 330 g/mol. The van der Waals surface area contributed by atoms with E-state index in [1.165, 1.54) is 40.9 Å². The highest BCUT2D eigenvalue weighted by atomic mass is 79.9. The van der Waals surface area contributed by atoms with Crippen molar-refractivity contribution in [1.29, 1.82) is 0 Å². The minimum Gasteiger partial charge on any atom is -0.341 e. The molecule has 20 heavy (non-hydrogen) atoms. The van der Waals surface area contributed by atoms with Crippen LogP contribution in [0.15, 0.2) is 40.9 Å². The highest BCUT2D eigenvalue weighted by Crippen LogP contribution is 2.36. The fourth-order valence-electron chi connectivity index (χ4n) is 2.96. The third-order valence-corrected chi connectivity index (χ3v) is 4.40. The SMILES string of the molecule is Cc1ccc2c(c1)CCCN2c1ccc(Br)cc1CN. The van der Waals surface area contributed by atoms with Gasteiger partial charge in [0.15, 0.2) is 0 Å². The van der Waals surface area contributed by atoms with Crippen LogP contribution in [-0.4, -0.2) is 6.54 Å². The minimum atomic E-state index is 0.562. The van der Waals surface area contributed by atoms with Gasteiger partial charge in [-0.3, -0.25) is 0 Å². The summed E-state index contributed by atoms with van der Waals surface area (Å²) >= 11 is 3.53. The summed E-state index contributed by atoms with van der Waals surface area (Å²) in [6.07, 6.45) is 2.36. The Bertz CT molecular complexity index is 637. The zero-order valence-electron chi connectivity index (χ0n) is 11.7. The van der Waals surface area contributed by atoms with Crippen LogP contribution in [0.2, 0.25) is 0 Å². The van der Waals surface area contributed by atoms with Crippen molar-refractivity contribution in [2.45, 2.75) is 26.3 Å². The average molecular weight is 331 g/mol. The van der Waals surface area contributed by atoms with Crippen molar-refractivity contribution in [2.24, 2.45) is 5.73 Å². The van der Waals surface area contributed by atoms with Crippen LogP contribution in [-0.2, 0) is 13.0 Å². The van der Waals surface area contributed by atoms with E-state index in [-0.39, 0.29) is 0 Å². The van der Waals surface area contributed by atoms with Gasteiger partial charge in [-0.25, -0.2) is 0 Å². The lowest BCUT2D eigenvalue weighted by molar-refractivity contribution is 0.762. The maximum absolute atomic E-state index is 5.92. The first-order valence-corrected chi connectivity index (χ1v) is 7.84. The van der Waals surface area contributed by atoms with Gasteiger partial charge < -0.3 is 10.6 Å².